The molecule has 1 aromatic rings. The molecule has 0 aliphatic carbocycles. The lowest BCUT2D eigenvalue weighted by Gasteiger charge is -2.14. The number of carbonyl (C=O) groups is 2. The molecule has 0 bridgehead atoms. The van der Waals surface area contributed by atoms with Crippen molar-refractivity contribution in [3.05, 3.63) is 27.9 Å². The van der Waals surface area contributed by atoms with Gasteiger partial charge in [0.15, 0.2) is 5.69 Å². The van der Waals surface area contributed by atoms with E-state index in [-0.39, 0.29) is 29.9 Å². The molecular weight excluding hydrogens is 266 g/mol. The summed E-state index contributed by atoms with van der Waals surface area (Å²) in [6.45, 7) is 2.25. The van der Waals surface area contributed by atoms with Crippen molar-refractivity contribution >= 4 is 17.7 Å². The number of carboxylic acids is 1. The molecule has 0 saturated carbocycles. The zero-order valence-electron chi connectivity index (χ0n) is 11.1. The minimum atomic E-state index is -0.925. The van der Waals surface area contributed by atoms with E-state index in [9.17, 15) is 19.7 Å². The van der Waals surface area contributed by atoms with Crippen LogP contribution in [0.25, 0.3) is 0 Å². The molecule has 108 valence electrons. The summed E-state index contributed by atoms with van der Waals surface area (Å²) in [7, 11) is 1.44. The maximum atomic E-state index is 12.3. The fourth-order valence-corrected chi connectivity index (χ4v) is 2.51. The zero-order chi connectivity index (χ0) is 15.0. The van der Waals surface area contributed by atoms with Crippen LogP contribution in [0.2, 0.25) is 0 Å². The number of hydrogen-bond acceptors (Lipinski definition) is 4. The molecule has 0 unspecified atom stereocenters. The molecule has 1 N–H and O–H groups in total. The molecule has 2 heterocycles. The summed E-state index contributed by atoms with van der Waals surface area (Å²) < 4.78 is 1.21. The number of carbonyl (C=O) groups excluding carboxylic acids is 1. The maximum absolute atomic E-state index is 12.3. The Bertz CT molecular complexity index is 580. The minimum Gasteiger partial charge on any atom is -0.481 e. The quantitative estimate of drug-likeness (QED) is 0.649. The van der Waals surface area contributed by atoms with Crippen LogP contribution >= 0.6 is 0 Å². The van der Waals surface area contributed by atoms with Gasteiger partial charge in [-0.1, -0.05) is 6.92 Å². The van der Waals surface area contributed by atoms with Gasteiger partial charge in [-0.3, -0.25) is 9.59 Å². The van der Waals surface area contributed by atoms with Gasteiger partial charge in [-0.25, -0.2) is 4.57 Å². The number of rotatable bonds is 3. The normalized spacial score (nSPS) is 22.0. The van der Waals surface area contributed by atoms with Gasteiger partial charge in [0.1, 0.15) is 0 Å². The van der Waals surface area contributed by atoms with Gasteiger partial charge in [-0.2, -0.15) is 0 Å². The Kier molecular flexibility index (Phi) is 3.47. The first-order valence-electron chi connectivity index (χ1n) is 6.15. The largest absolute Gasteiger partial charge is 0.481 e. The van der Waals surface area contributed by atoms with Crippen molar-refractivity contribution in [2.45, 2.75) is 6.92 Å². The fourth-order valence-electron chi connectivity index (χ4n) is 2.51. The number of aliphatic carboxylic acids is 1. The molecular formula is C12H15N3O5. The molecule has 2 atom stereocenters. The lowest BCUT2D eigenvalue weighted by atomic mass is 9.99. The average molecular weight is 281 g/mol. The van der Waals surface area contributed by atoms with E-state index in [1.807, 2.05) is 0 Å². The summed E-state index contributed by atoms with van der Waals surface area (Å²) in [5.41, 5.74) is 0.190. The lowest BCUT2D eigenvalue weighted by molar-refractivity contribution is -0.391. The van der Waals surface area contributed by atoms with E-state index in [0.717, 1.165) is 0 Å². The van der Waals surface area contributed by atoms with Gasteiger partial charge in [0.05, 0.1) is 13.0 Å². The van der Waals surface area contributed by atoms with Crippen molar-refractivity contribution in [2.75, 3.05) is 13.1 Å². The fraction of sp³-hybridized carbons (Fsp3) is 0.500. The van der Waals surface area contributed by atoms with Crippen molar-refractivity contribution in [3.63, 3.8) is 0 Å². The highest BCUT2D eigenvalue weighted by atomic mass is 16.6. The Balaban J connectivity index is 2.21. The first kappa shape index (κ1) is 14.0. The van der Waals surface area contributed by atoms with Crippen molar-refractivity contribution in [1.29, 1.82) is 0 Å². The molecule has 0 radical (unpaired) electrons. The van der Waals surface area contributed by atoms with Crippen molar-refractivity contribution in [1.82, 2.24) is 9.47 Å². The first-order chi connectivity index (χ1) is 9.32. The predicted octanol–water partition coefficient (Wildman–Crippen LogP) is 0.726. The van der Waals surface area contributed by atoms with Crippen molar-refractivity contribution in [2.24, 2.45) is 18.9 Å². The SMILES string of the molecule is C[C@@H]1CN(C(=O)c2ccc([N+](=O)[O-])n2C)C[C@H]1C(=O)O. The molecule has 1 fully saturated rings. The van der Waals surface area contributed by atoms with Gasteiger partial charge in [-0.15, -0.1) is 0 Å². The highest BCUT2D eigenvalue weighted by Crippen LogP contribution is 2.25. The smallest absolute Gasteiger partial charge is 0.323 e. The second-order valence-electron chi connectivity index (χ2n) is 5.03. The highest BCUT2D eigenvalue weighted by Gasteiger charge is 2.38. The number of nitrogens with zero attached hydrogens (tertiary/aromatic N) is 3. The number of nitro groups is 1. The molecule has 1 amide bonds. The number of carboxylic acid groups (broad SMARTS) is 1. The van der Waals surface area contributed by atoms with Crippen LogP contribution in [-0.2, 0) is 11.8 Å². The number of amides is 1. The van der Waals surface area contributed by atoms with E-state index in [0.29, 0.717) is 6.54 Å². The van der Waals surface area contributed by atoms with E-state index in [1.54, 1.807) is 6.92 Å². The Labute approximate surface area is 114 Å². The van der Waals surface area contributed by atoms with Crippen LogP contribution in [0.15, 0.2) is 12.1 Å². The van der Waals surface area contributed by atoms with Crippen LogP contribution in [0.1, 0.15) is 17.4 Å². The van der Waals surface area contributed by atoms with Gasteiger partial charge in [0, 0.05) is 19.2 Å². The molecule has 1 aliphatic heterocycles. The first-order valence-corrected chi connectivity index (χ1v) is 6.15. The van der Waals surface area contributed by atoms with Crippen molar-refractivity contribution in [3.8, 4) is 0 Å². The molecule has 2 rings (SSSR count). The monoisotopic (exact) mass is 281 g/mol. The molecule has 8 heteroatoms. The third kappa shape index (κ3) is 2.24. The lowest BCUT2D eigenvalue weighted by Crippen LogP contribution is -2.31. The maximum Gasteiger partial charge on any atom is 0.323 e. The summed E-state index contributed by atoms with van der Waals surface area (Å²) in [5, 5.41) is 19.8. The molecule has 1 aromatic heterocycles. The van der Waals surface area contributed by atoms with Crippen LogP contribution in [0.3, 0.4) is 0 Å². The molecule has 20 heavy (non-hydrogen) atoms. The molecule has 8 nitrogen and oxygen atoms in total. The van der Waals surface area contributed by atoms with Gasteiger partial charge >= 0.3 is 11.8 Å². The van der Waals surface area contributed by atoms with E-state index >= 15 is 0 Å². The van der Waals surface area contributed by atoms with Gasteiger partial charge in [0.2, 0.25) is 0 Å². The Morgan fingerprint density at radius 1 is 1.40 bits per heavy atom. The molecule has 1 aliphatic rings. The van der Waals surface area contributed by atoms with Gasteiger partial charge in [-0.05, 0) is 16.9 Å². The van der Waals surface area contributed by atoms with Crippen LogP contribution < -0.4 is 0 Å². The average Bonchev–Trinajstić information content (AvgIpc) is 2.91. The summed E-state index contributed by atoms with van der Waals surface area (Å²) in [4.78, 5) is 35.0. The summed E-state index contributed by atoms with van der Waals surface area (Å²) in [6.07, 6.45) is 0. The zero-order valence-corrected chi connectivity index (χ0v) is 11.1. The summed E-state index contributed by atoms with van der Waals surface area (Å²) in [5.74, 6) is -2.20. The Hall–Kier alpha value is -2.38. The number of likely N-dealkylation sites (tertiary alicyclic amines) is 1. The Morgan fingerprint density at radius 2 is 2.05 bits per heavy atom. The number of aromatic nitrogens is 1. The van der Waals surface area contributed by atoms with E-state index < -0.39 is 16.8 Å². The molecule has 0 aromatic carbocycles. The van der Waals surface area contributed by atoms with E-state index in [1.165, 1.54) is 28.6 Å². The van der Waals surface area contributed by atoms with E-state index in [4.69, 9.17) is 5.11 Å². The van der Waals surface area contributed by atoms with Crippen LogP contribution in [0.5, 0.6) is 0 Å². The molecule has 0 spiro atoms. The standard InChI is InChI=1S/C12H15N3O5/c1-7-5-14(6-8(7)12(17)18)11(16)9-3-4-10(13(9)2)15(19)20/h3-4,7-8H,5-6H2,1-2H3,(H,17,18)/t7-,8-/m1/s1. The second-order valence-corrected chi connectivity index (χ2v) is 5.03. The topological polar surface area (TPSA) is 106 Å². The highest BCUT2D eigenvalue weighted by molar-refractivity contribution is 5.94. The van der Waals surface area contributed by atoms with Gasteiger partial charge in [0.25, 0.3) is 5.91 Å². The second kappa shape index (κ2) is 4.95. The van der Waals surface area contributed by atoms with Crippen LogP contribution in [-0.4, -0.2) is 44.5 Å². The van der Waals surface area contributed by atoms with E-state index in [2.05, 4.69) is 0 Å². The minimum absolute atomic E-state index is 0.133. The predicted molar refractivity (Wildman–Crippen MR) is 68.3 cm³/mol. The van der Waals surface area contributed by atoms with Gasteiger partial charge < -0.3 is 20.1 Å². The third-order valence-corrected chi connectivity index (χ3v) is 3.72. The van der Waals surface area contributed by atoms with Crippen LogP contribution in [0, 0.1) is 22.0 Å². The van der Waals surface area contributed by atoms with Crippen molar-refractivity contribution < 1.29 is 19.6 Å². The molecule has 1 saturated heterocycles. The van der Waals surface area contributed by atoms with Crippen LogP contribution in [0.4, 0.5) is 5.82 Å². The Morgan fingerprint density at radius 3 is 2.50 bits per heavy atom. The summed E-state index contributed by atoms with van der Waals surface area (Å²) in [6, 6.07) is 2.65. The third-order valence-electron chi connectivity index (χ3n) is 3.72. The summed E-state index contributed by atoms with van der Waals surface area (Å²) >= 11 is 0. The number of hydrogen-bond donors (Lipinski definition) is 1.